The molecule has 0 spiro atoms. The third kappa shape index (κ3) is 2.91. The highest BCUT2D eigenvalue weighted by Crippen LogP contribution is 2.35. The normalized spacial score (nSPS) is 27.8. The molecule has 1 aromatic rings. The number of benzene rings is 1. The first-order chi connectivity index (χ1) is 10.0. The summed E-state index contributed by atoms with van der Waals surface area (Å²) in [6, 6.07) is 6.29. The molecule has 2 aliphatic heterocycles. The van der Waals surface area contributed by atoms with Gasteiger partial charge in [-0.2, -0.15) is 0 Å². The Morgan fingerprint density at radius 2 is 1.90 bits per heavy atom. The second-order valence-corrected chi connectivity index (χ2v) is 6.35. The molecule has 2 aliphatic rings. The van der Waals surface area contributed by atoms with E-state index < -0.39 is 0 Å². The monoisotopic (exact) mass is 289 g/mol. The van der Waals surface area contributed by atoms with E-state index in [4.69, 9.17) is 4.74 Å². The van der Waals surface area contributed by atoms with E-state index in [2.05, 4.69) is 6.92 Å². The van der Waals surface area contributed by atoms with E-state index in [1.807, 2.05) is 30.0 Å². The highest BCUT2D eigenvalue weighted by Gasteiger charge is 2.42. The molecule has 4 heteroatoms. The number of fused-ring (bicyclic) bond motifs is 2. The molecule has 1 N–H and O–H groups in total. The lowest BCUT2D eigenvalue weighted by Crippen LogP contribution is -2.49. The summed E-state index contributed by atoms with van der Waals surface area (Å²) in [7, 11) is 0. The largest absolute Gasteiger partial charge is 0.484 e. The molecule has 2 unspecified atom stereocenters. The van der Waals surface area contributed by atoms with Crippen LogP contribution in [0.4, 0.5) is 0 Å². The molecule has 3 rings (SSSR count). The van der Waals surface area contributed by atoms with Gasteiger partial charge >= 0.3 is 0 Å². The summed E-state index contributed by atoms with van der Waals surface area (Å²) in [5.41, 5.74) is 2.39. The standard InChI is InChI=1S/C17H23NO3/c1-11-3-6-16(7-12(11)2)21-10-17(20)18-13-4-5-14(18)9-15(19)8-13/h3,6-7,13-15,19H,4-5,8-10H2,1-2H3. The number of carbonyl (C=O) groups is 1. The average Bonchev–Trinajstić information content (AvgIpc) is 2.72. The fourth-order valence-electron chi connectivity index (χ4n) is 3.58. The Bertz CT molecular complexity index is 529. The molecular weight excluding hydrogens is 266 g/mol. The van der Waals surface area contributed by atoms with E-state index >= 15 is 0 Å². The number of hydrogen-bond acceptors (Lipinski definition) is 3. The van der Waals surface area contributed by atoms with Gasteiger partial charge in [0.2, 0.25) is 0 Å². The first kappa shape index (κ1) is 14.4. The van der Waals surface area contributed by atoms with Crippen LogP contribution in [0, 0.1) is 13.8 Å². The van der Waals surface area contributed by atoms with Crippen LogP contribution < -0.4 is 4.74 Å². The van der Waals surface area contributed by atoms with Crippen LogP contribution in [-0.4, -0.2) is 40.7 Å². The molecule has 2 atom stereocenters. The Hall–Kier alpha value is -1.55. The Kier molecular flexibility index (Phi) is 3.89. The molecule has 2 saturated heterocycles. The molecule has 0 aromatic heterocycles. The second kappa shape index (κ2) is 5.68. The van der Waals surface area contributed by atoms with E-state index in [-0.39, 0.29) is 30.7 Å². The van der Waals surface area contributed by atoms with Crippen molar-refractivity contribution in [3.8, 4) is 5.75 Å². The van der Waals surface area contributed by atoms with Crippen LogP contribution >= 0.6 is 0 Å². The van der Waals surface area contributed by atoms with Crippen molar-refractivity contribution in [2.24, 2.45) is 0 Å². The molecule has 1 amide bonds. The summed E-state index contributed by atoms with van der Waals surface area (Å²) < 4.78 is 5.65. The molecule has 2 heterocycles. The number of hydrogen-bond donors (Lipinski definition) is 1. The van der Waals surface area contributed by atoms with Crippen molar-refractivity contribution < 1.29 is 14.6 Å². The van der Waals surface area contributed by atoms with Crippen molar-refractivity contribution in [3.05, 3.63) is 29.3 Å². The number of amides is 1. The number of aliphatic hydroxyl groups excluding tert-OH is 1. The third-order valence-electron chi connectivity index (χ3n) is 4.84. The van der Waals surface area contributed by atoms with Gasteiger partial charge in [0.25, 0.3) is 5.91 Å². The van der Waals surface area contributed by atoms with E-state index in [0.29, 0.717) is 12.8 Å². The van der Waals surface area contributed by atoms with Crippen LogP contribution in [0.15, 0.2) is 18.2 Å². The lowest BCUT2D eigenvalue weighted by molar-refractivity contribution is -0.139. The van der Waals surface area contributed by atoms with Gasteiger partial charge in [0, 0.05) is 12.1 Å². The van der Waals surface area contributed by atoms with Crippen molar-refractivity contribution in [1.29, 1.82) is 0 Å². The number of aliphatic hydroxyl groups is 1. The van der Waals surface area contributed by atoms with Gasteiger partial charge in [-0.3, -0.25) is 4.79 Å². The van der Waals surface area contributed by atoms with Crippen LogP contribution in [0.1, 0.15) is 36.8 Å². The quantitative estimate of drug-likeness (QED) is 0.928. The number of ether oxygens (including phenoxy) is 1. The molecule has 2 bridgehead atoms. The third-order valence-corrected chi connectivity index (χ3v) is 4.84. The zero-order chi connectivity index (χ0) is 15.0. The van der Waals surface area contributed by atoms with Crippen LogP contribution in [0.3, 0.4) is 0 Å². The predicted molar refractivity (Wildman–Crippen MR) is 80.3 cm³/mol. The molecule has 1 aromatic carbocycles. The van der Waals surface area contributed by atoms with Crippen LogP contribution in [0.25, 0.3) is 0 Å². The minimum absolute atomic E-state index is 0.0487. The summed E-state index contributed by atoms with van der Waals surface area (Å²) in [5.74, 6) is 0.795. The fraction of sp³-hybridized carbons (Fsp3) is 0.588. The number of carbonyl (C=O) groups excluding carboxylic acids is 1. The van der Waals surface area contributed by atoms with Gasteiger partial charge in [-0.1, -0.05) is 6.07 Å². The number of aryl methyl sites for hydroxylation is 2. The van der Waals surface area contributed by atoms with Crippen molar-refractivity contribution >= 4 is 5.91 Å². The zero-order valence-corrected chi connectivity index (χ0v) is 12.7. The van der Waals surface area contributed by atoms with Gasteiger partial charge in [-0.15, -0.1) is 0 Å². The van der Waals surface area contributed by atoms with Crippen LogP contribution in [0.5, 0.6) is 5.75 Å². The van der Waals surface area contributed by atoms with E-state index in [1.54, 1.807) is 0 Å². The molecule has 4 nitrogen and oxygen atoms in total. The number of nitrogens with zero attached hydrogens (tertiary/aromatic N) is 1. The van der Waals surface area contributed by atoms with Crippen LogP contribution in [-0.2, 0) is 4.79 Å². The molecular formula is C17H23NO3. The highest BCUT2D eigenvalue weighted by atomic mass is 16.5. The number of piperidine rings is 1. The van der Waals surface area contributed by atoms with Gasteiger partial charge < -0.3 is 14.7 Å². The van der Waals surface area contributed by atoms with Crippen molar-refractivity contribution in [1.82, 2.24) is 4.90 Å². The molecule has 114 valence electrons. The molecule has 2 fully saturated rings. The van der Waals surface area contributed by atoms with E-state index in [1.165, 1.54) is 11.1 Å². The van der Waals surface area contributed by atoms with Gasteiger partial charge in [0.15, 0.2) is 6.61 Å². The van der Waals surface area contributed by atoms with Crippen molar-refractivity contribution in [3.63, 3.8) is 0 Å². The minimum Gasteiger partial charge on any atom is -0.484 e. The van der Waals surface area contributed by atoms with Gasteiger partial charge in [-0.25, -0.2) is 0 Å². The molecule has 0 radical (unpaired) electrons. The fourth-order valence-corrected chi connectivity index (χ4v) is 3.58. The maximum Gasteiger partial charge on any atom is 0.261 e. The minimum atomic E-state index is -0.243. The zero-order valence-electron chi connectivity index (χ0n) is 12.7. The van der Waals surface area contributed by atoms with Gasteiger partial charge in [-0.05, 0) is 62.8 Å². The summed E-state index contributed by atoms with van der Waals surface area (Å²) >= 11 is 0. The number of rotatable bonds is 3. The first-order valence-electron chi connectivity index (χ1n) is 7.74. The average molecular weight is 289 g/mol. The molecule has 21 heavy (non-hydrogen) atoms. The Morgan fingerprint density at radius 3 is 2.52 bits per heavy atom. The van der Waals surface area contributed by atoms with E-state index in [0.717, 1.165) is 18.6 Å². The lowest BCUT2D eigenvalue weighted by atomic mass is 10.00. The SMILES string of the molecule is Cc1ccc(OCC(=O)N2C3CCC2CC(O)C3)cc1C. The predicted octanol–water partition coefficient (Wildman–Crippen LogP) is 2.20. The van der Waals surface area contributed by atoms with Crippen molar-refractivity contribution in [2.45, 2.75) is 57.7 Å². The highest BCUT2D eigenvalue weighted by molar-refractivity contribution is 5.79. The maximum absolute atomic E-state index is 12.4. The smallest absolute Gasteiger partial charge is 0.261 e. The molecule has 0 aliphatic carbocycles. The van der Waals surface area contributed by atoms with Gasteiger partial charge in [0.1, 0.15) is 5.75 Å². The van der Waals surface area contributed by atoms with Crippen LogP contribution in [0.2, 0.25) is 0 Å². The van der Waals surface area contributed by atoms with Crippen molar-refractivity contribution in [2.75, 3.05) is 6.61 Å². The topological polar surface area (TPSA) is 49.8 Å². The summed E-state index contributed by atoms with van der Waals surface area (Å²) in [6.45, 7) is 4.18. The summed E-state index contributed by atoms with van der Waals surface area (Å²) in [5, 5.41) is 9.78. The Morgan fingerprint density at radius 1 is 1.24 bits per heavy atom. The summed E-state index contributed by atoms with van der Waals surface area (Å²) in [4.78, 5) is 14.4. The molecule has 0 saturated carbocycles. The maximum atomic E-state index is 12.4. The van der Waals surface area contributed by atoms with Gasteiger partial charge in [0.05, 0.1) is 6.10 Å². The second-order valence-electron chi connectivity index (χ2n) is 6.35. The Balaban J connectivity index is 1.61. The lowest BCUT2D eigenvalue weighted by Gasteiger charge is -2.37. The first-order valence-corrected chi connectivity index (χ1v) is 7.74. The summed E-state index contributed by atoms with van der Waals surface area (Å²) in [6.07, 6.45) is 3.21. The van der Waals surface area contributed by atoms with E-state index in [9.17, 15) is 9.90 Å². The Labute approximate surface area is 125 Å².